The number of aliphatic carboxylic acids is 1. The van der Waals surface area contributed by atoms with Gasteiger partial charge in [-0.05, 0) is 7.05 Å². The maximum absolute atomic E-state index is 11.8. The number of carboxylic acids is 1. The van der Waals surface area contributed by atoms with Crippen LogP contribution in [0.1, 0.15) is 0 Å². The topological polar surface area (TPSA) is 563 Å². The van der Waals surface area contributed by atoms with Gasteiger partial charge in [0.2, 0.25) is 0 Å². The third-order valence-corrected chi connectivity index (χ3v) is 16.6. The highest BCUT2D eigenvalue weighted by Gasteiger charge is 2.59. The number of hydrogen-bond acceptors (Lipinski definition) is 36. The lowest BCUT2D eigenvalue weighted by Crippen LogP contribution is -2.68. The van der Waals surface area contributed by atoms with Crippen LogP contribution in [0.5, 0.6) is 0 Å². The Morgan fingerprint density at radius 2 is 0.634 bits per heavy atom. The first kappa shape index (κ1) is 66.4. The first-order chi connectivity index (χ1) is 39.0. The van der Waals surface area contributed by atoms with Gasteiger partial charge in [-0.2, -0.15) is 11.8 Å². The Balaban J connectivity index is 1.08. The molecule has 0 amide bonds. The molecule has 0 aromatic heterocycles. The fraction of sp³-hybridized carbons (Fsp3) is 0.978. The van der Waals surface area contributed by atoms with Crippen LogP contribution in [0.4, 0.5) is 0 Å². The van der Waals surface area contributed by atoms with Crippen molar-refractivity contribution in [3.05, 3.63) is 0 Å². The van der Waals surface area contributed by atoms with Gasteiger partial charge in [0.1, 0.15) is 165 Å². The summed E-state index contributed by atoms with van der Waals surface area (Å²) in [6.45, 7) is -5.85. The smallest absolute Gasteiger partial charge is 0.321 e. The molecule has 0 radical (unpaired) electrons. The summed E-state index contributed by atoms with van der Waals surface area (Å²) in [4.78, 5) is 11.8. The average molecular weight is 1220 g/mol. The summed E-state index contributed by atoms with van der Waals surface area (Å²) in [7, 11) is 1.36. The van der Waals surface area contributed by atoms with E-state index in [0.717, 1.165) is 11.8 Å². The number of likely N-dealkylation sites (N-methyl/N-ethyl adjacent to an activating group) is 1. The van der Waals surface area contributed by atoms with E-state index in [0.29, 0.717) is 0 Å². The molecule has 35 atom stereocenters. The van der Waals surface area contributed by atoms with E-state index in [9.17, 15) is 107 Å². The summed E-state index contributed by atoms with van der Waals surface area (Å²) in [5.41, 5.74) is 0. The second-order valence-corrected chi connectivity index (χ2v) is 21.8. The Morgan fingerprint density at radius 1 is 0.378 bits per heavy atom. The molecule has 37 heteroatoms. The van der Waals surface area contributed by atoms with E-state index in [-0.39, 0.29) is 11.5 Å². The Bertz CT molecular complexity index is 1990. The van der Waals surface area contributed by atoms with Crippen molar-refractivity contribution in [2.75, 3.05) is 58.2 Å². The maximum atomic E-state index is 11.8. The lowest BCUT2D eigenvalue weighted by Gasteiger charge is -2.50. The van der Waals surface area contributed by atoms with Crippen molar-refractivity contribution < 1.29 is 173 Å². The monoisotopic (exact) mass is 1220 g/mol. The predicted molar refractivity (Wildman–Crippen MR) is 253 cm³/mol. The summed E-state index contributed by atoms with van der Waals surface area (Å²) < 4.78 is 80.6. The Labute approximate surface area is 468 Å². The molecule has 36 nitrogen and oxygen atoms in total. The van der Waals surface area contributed by atoms with Crippen molar-refractivity contribution in [1.29, 1.82) is 0 Å². The van der Waals surface area contributed by atoms with Crippen LogP contribution >= 0.6 is 11.8 Å². The quantitative estimate of drug-likeness (QED) is 0.0913. The van der Waals surface area contributed by atoms with Crippen LogP contribution in [0.2, 0.25) is 0 Å². The van der Waals surface area contributed by atoms with Crippen molar-refractivity contribution in [1.82, 2.24) is 5.32 Å². The van der Waals surface area contributed by atoms with Crippen LogP contribution in [0.15, 0.2) is 0 Å². The van der Waals surface area contributed by atoms with E-state index in [1.54, 1.807) is 0 Å². The van der Waals surface area contributed by atoms with E-state index in [2.05, 4.69) is 5.32 Å². The third-order valence-electron chi connectivity index (χ3n) is 15.4. The van der Waals surface area contributed by atoms with Gasteiger partial charge in [0.05, 0.1) is 45.7 Å². The molecular weight excluding hydrogens is 1150 g/mol. The van der Waals surface area contributed by atoms with Gasteiger partial charge in [-0.15, -0.1) is 0 Å². The number of carboxylic acid groups (broad SMARTS) is 1. The molecule has 21 aliphatic rings. The summed E-state index contributed by atoms with van der Waals surface area (Å²) in [5, 5.41) is 224. The zero-order valence-corrected chi connectivity index (χ0v) is 44.2. The predicted octanol–water partition coefficient (Wildman–Crippen LogP) is -14.2. The fourth-order valence-electron chi connectivity index (χ4n) is 10.7. The van der Waals surface area contributed by atoms with Crippen molar-refractivity contribution in [2.24, 2.45) is 0 Å². The molecule has 21 aliphatic heterocycles. The molecule has 14 bridgehead atoms. The van der Waals surface area contributed by atoms with Gasteiger partial charge in [0, 0.05) is 11.5 Å². The van der Waals surface area contributed by atoms with Gasteiger partial charge >= 0.3 is 5.97 Å². The minimum Gasteiger partial charge on any atom is -0.480 e. The highest BCUT2D eigenvalue weighted by Crippen LogP contribution is 2.39. The van der Waals surface area contributed by atoms with Gasteiger partial charge in [0.25, 0.3) is 0 Å². The minimum absolute atomic E-state index is 0.163. The van der Waals surface area contributed by atoms with E-state index < -0.39 is 260 Å². The molecule has 0 aromatic rings. The number of nitrogens with one attached hydrogen (secondary N) is 1. The third kappa shape index (κ3) is 13.7. The Kier molecular flexibility index (Phi) is 23.3. The molecule has 21 saturated heterocycles. The van der Waals surface area contributed by atoms with E-state index in [1.807, 2.05) is 0 Å². The number of carbonyl (C=O) groups is 1. The molecule has 0 saturated carbocycles. The number of hydrogen-bond donors (Lipinski definition) is 21. The largest absolute Gasteiger partial charge is 0.480 e. The van der Waals surface area contributed by atoms with E-state index in [4.69, 9.17) is 66.3 Å². The molecule has 21 fully saturated rings. The molecule has 0 spiro atoms. The van der Waals surface area contributed by atoms with Crippen molar-refractivity contribution in [2.45, 2.75) is 215 Å². The molecular formula is C45H75NO35S. The van der Waals surface area contributed by atoms with Gasteiger partial charge in [-0.1, -0.05) is 0 Å². The number of rotatable bonds is 11. The number of aliphatic hydroxyl groups is 19. The first-order valence-electron chi connectivity index (χ1n) is 26.2. The van der Waals surface area contributed by atoms with E-state index >= 15 is 0 Å². The molecule has 0 aromatic carbocycles. The minimum atomic E-state index is -2.22. The van der Waals surface area contributed by atoms with Crippen molar-refractivity contribution in [3.63, 3.8) is 0 Å². The molecule has 13 unspecified atom stereocenters. The average Bonchev–Trinajstić information content (AvgIpc) is 3.46. The second-order valence-electron chi connectivity index (χ2n) is 20.7. The Hall–Kier alpha value is -1.54. The summed E-state index contributed by atoms with van der Waals surface area (Å²) >= 11 is 0.902. The number of ether oxygens (including phenoxy) is 14. The number of aliphatic hydroxyl groups excluding tert-OH is 19. The van der Waals surface area contributed by atoms with Crippen molar-refractivity contribution in [3.8, 4) is 0 Å². The van der Waals surface area contributed by atoms with Crippen LogP contribution in [-0.2, 0) is 71.1 Å². The normalized spacial score (nSPS) is 52.1. The maximum Gasteiger partial charge on any atom is 0.321 e. The zero-order chi connectivity index (χ0) is 59.8. The van der Waals surface area contributed by atoms with Gasteiger partial charge < -0.3 is 174 Å². The fourth-order valence-corrected chi connectivity index (χ4v) is 11.9. The molecule has 82 heavy (non-hydrogen) atoms. The highest BCUT2D eigenvalue weighted by molar-refractivity contribution is 7.99. The standard InChI is InChI=1S/C45H75NO35S/c1-46-10(38(66)67)8-82-9-17-37-24(58)31(65)45(75-17)80-36-15(6-51)72-43(29(63)22(36)56)79-34-13(4-49)71-42(28(62)21(34)55)77-33-12(3-48)69-40(26(60)19(33)53)74-16-7-68-39(25(59)18(16)52)76-32-11(2-47)70-41(27(61)20(32)54)78-35-14(5-50)73-44(81-37)30(64)23(35)57/h10-37,39-65H,2-9H2,1H3,(H,66,67)/t10-,11?,12?,13?,14?,15?,16-,17?,18+,19-,20-,21-,22-,23-,24-,25?,26?,27?,28?,29?,30?,31?,32-,33-,34-,35-,36-,37-,39-,40-,41+,42-,43-,44+,45+/m1/s1. The first-order valence-corrected chi connectivity index (χ1v) is 27.4. The van der Waals surface area contributed by atoms with Crippen LogP contribution in [0.25, 0.3) is 0 Å². The summed E-state index contributed by atoms with van der Waals surface area (Å²) in [6, 6.07) is -1.15. The Morgan fingerprint density at radius 3 is 0.915 bits per heavy atom. The zero-order valence-electron chi connectivity index (χ0n) is 43.3. The highest BCUT2D eigenvalue weighted by atomic mass is 32.2. The molecule has 0 aliphatic carbocycles. The summed E-state index contributed by atoms with van der Waals surface area (Å²) in [6.07, 6.45) is -66.9. The molecule has 21 N–H and O–H groups in total. The van der Waals surface area contributed by atoms with Gasteiger partial charge in [0.15, 0.2) is 44.0 Å². The van der Waals surface area contributed by atoms with Crippen LogP contribution in [0, 0.1) is 0 Å². The van der Waals surface area contributed by atoms with Crippen LogP contribution in [0.3, 0.4) is 0 Å². The van der Waals surface area contributed by atoms with Crippen molar-refractivity contribution >= 4 is 17.7 Å². The van der Waals surface area contributed by atoms with Crippen LogP contribution < -0.4 is 5.32 Å². The van der Waals surface area contributed by atoms with E-state index in [1.165, 1.54) is 7.05 Å². The SMILES string of the molecule is CN[C@H](CSCC1O[C@H]2O[C@@H]3C(CO)O[C@H](O[C@@H]4C(CO)O[C@H](O[C@@H]5C(CO)O[C@H](O[C@@H]6CO[C@H](O[C@@H]7C(CO)O[C@@H](O[C@@H]8C(CO)O[C@@H](O[C@H]1[C@H](O)C2O)C(O)[C@H]8O)C(O)[C@H]7O)C(O)[C@H]6O)C(O)[C@H]5O)C(O)[C@H]4O)C(O)[C@H]3O)C(=O)O. The molecule has 21 rings (SSSR count). The summed E-state index contributed by atoms with van der Waals surface area (Å²) in [5.74, 6) is -1.74. The van der Waals surface area contributed by atoms with Gasteiger partial charge in [-0.25, -0.2) is 0 Å². The lowest BCUT2D eigenvalue weighted by molar-refractivity contribution is -0.394. The van der Waals surface area contributed by atoms with Crippen LogP contribution in [-0.4, -0.2) is 381 Å². The lowest BCUT2D eigenvalue weighted by atomic mass is 9.95. The second kappa shape index (κ2) is 28.7. The molecule has 21 heterocycles. The number of thioether (sulfide) groups is 1. The molecule has 476 valence electrons. The van der Waals surface area contributed by atoms with Gasteiger partial charge in [-0.3, -0.25) is 4.79 Å².